The van der Waals surface area contributed by atoms with E-state index in [2.05, 4.69) is 27.6 Å². The summed E-state index contributed by atoms with van der Waals surface area (Å²) in [6, 6.07) is 3.91. The standard InChI is InChI=1S/C14H24N4O/c1-15-14(16-7-5-13-4-3-9-19-13)17-10-12-6-8-18(2)11-12/h3-4,9,12H,5-8,10-11H2,1-2H3,(H2,15,16,17). The third-order valence-electron chi connectivity index (χ3n) is 3.51. The van der Waals surface area contributed by atoms with Crippen LogP contribution in [-0.4, -0.2) is 51.1 Å². The van der Waals surface area contributed by atoms with Gasteiger partial charge in [-0.1, -0.05) is 0 Å². The molecule has 1 aromatic heterocycles. The molecule has 1 atom stereocenters. The van der Waals surface area contributed by atoms with E-state index < -0.39 is 0 Å². The van der Waals surface area contributed by atoms with E-state index in [1.807, 2.05) is 19.2 Å². The van der Waals surface area contributed by atoms with Gasteiger partial charge >= 0.3 is 0 Å². The lowest BCUT2D eigenvalue weighted by molar-refractivity contribution is 0.394. The van der Waals surface area contributed by atoms with E-state index in [1.165, 1.54) is 19.5 Å². The van der Waals surface area contributed by atoms with Gasteiger partial charge in [0, 0.05) is 33.1 Å². The SMILES string of the molecule is CN=C(NCCc1ccco1)NCC1CCN(C)C1. The van der Waals surface area contributed by atoms with Crippen LogP contribution in [0.5, 0.6) is 0 Å². The topological polar surface area (TPSA) is 52.8 Å². The van der Waals surface area contributed by atoms with Gasteiger partial charge in [0.05, 0.1) is 6.26 Å². The van der Waals surface area contributed by atoms with E-state index in [9.17, 15) is 0 Å². The van der Waals surface area contributed by atoms with E-state index in [0.29, 0.717) is 0 Å². The van der Waals surface area contributed by atoms with Gasteiger partial charge in [-0.25, -0.2) is 0 Å². The van der Waals surface area contributed by atoms with Crippen molar-refractivity contribution in [2.45, 2.75) is 12.8 Å². The second-order valence-corrected chi connectivity index (χ2v) is 5.13. The van der Waals surface area contributed by atoms with E-state index in [-0.39, 0.29) is 0 Å². The Morgan fingerprint density at radius 1 is 1.53 bits per heavy atom. The second-order valence-electron chi connectivity index (χ2n) is 5.13. The van der Waals surface area contributed by atoms with Crippen LogP contribution < -0.4 is 10.6 Å². The van der Waals surface area contributed by atoms with Crippen LogP contribution >= 0.6 is 0 Å². The number of hydrogen-bond acceptors (Lipinski definition) is 3. The van der Waals surface area contributed by atoms with Gasteiger partial charge in [-0.3, -0.25) is 4.99 Å². The zero-order chi connectivity index (χ0) is 13.5. The van der Waals surface area contributed by atoms with Crippen LogP contribution in [0.15, 0.2) is 27.8 Å². The van der Waals surface area contributed by atoms with Crippen LogP contribution in [-0.2, 0) is 6.42 Å². The molecule has 1 fully saturated rings. The fourth-order valence-electron chi connectivity index (χ4n) is 2.41. The Labute approximate surface area is 115 Å². The summed E-state index contributed by atoms with van der Waals surface area (Å²) in [5, 5.41) is 6.70. The summed E-state index contributed by atoms with van der Waals surface area (Å²) in [5.41, 5.74) is 0. The molecule has 0 bridgehead atoms. The summed E-state index contributed by atoms with van der Waals surface area (Å²) >= 11 is 0. The minimum Gasteiger partial charge on any atom is -0.469 e. The lowest BCUT2D eigenvalue weighted by Gasteiger charge is -2.15. The van der Waals surface area contributed by atoms with Crippen molar-refractivity contribution < 1.29 is 4.42 Å². The molecule has 19 heavy (non-hydrogen) atoms. The smallest absolute Gasteiger partial charge is 0.191 e. The molecule has 1 unspecified atom stereocenters. The number of hydrogen-bond donors (Lipinski definition) is 2. The first kappa shape index (κ1) is 13.9. The van der Waals surface area contributed by atoms with Crippen LogP contribution in [0.1, 0.15) is 12.2 Å². The molecule has 0 spiro atoms. The summed E-state index contributed by atoms with van der Waals surface area (Å²) in [6.07, 6.45) is 3.85. The summed E-state index contributed by atoms with van der Waals surface area (Å²) in [4.78, 5) is 6.61. The lowest BCUT2D eigenvalue weighted by Crippen LogP contribution is -2.40. The Hall–Kier alpha value is -1.49. The normalized spacial score (nSPS) is 20.7. The Balaban J connectivity index is 1.63. The molecular formula is C14H24N4O. The predicted molar refractivity (Wildman–Crippen MR) is 77.4 cm³/mol. The summed E-state index contributed by atoms with van der Waals surface area (Å²) < 4.78 is 5.30. The molecular weight excluding hydrogens is 240 g/mol. The molecule has 2 N–H and O–H groups in total. The molecule has 1 aliphatic heterocycles. The number of nitrogens with one attached hydrogen (secondary N) is 2. The lowest BCUT2D eigenvalue weighted by atomic mass is 10.1. The Morgan fingerprint density at radius 2 is 2.42 bits per heavy atom. The highest BCUT2D eigenvalue weighted by atomic mass is 16.3. The van der Waals surface area contributed by atoms with Gasteiger partial charge in [0.2, 0.25) is 0 Å². The maximum Gasteiger partial charge on any atom is 0.191 e. The van der Waals surface area contributed by atoms with Crippen molar-refractivity contribution in [1.82, 2.24) is 15.5 Å². The van der Waals surface area contributed by atoms with Gasteiger partial charge in [0.1, 0.15) is 5.76 Å². The van der Waals surface area contributed by atoms with Gasteiger partial charge in [-0.15, -0.1) is 0 Å². The number of nitrogens with zero attached hydrogens (tertiary/aromatic N) is 2. The van der Waals surface area contributed by atoms with Crippen LogP contribution in [0.2, 0.25) is 0 Å². The van der Waals surface area contributed by atoms with Crippen molar-refractivity contribution in [2.75, 3.05) is 40.3 Å². The first-order chi connectivity index (χ1) is 9.28. The van der Waals surface area contributed by atoms with Gasteiger partial charge in [0.15, 0.2) is 5.96 Å². The summed E-state index contributed by atoms with van der Waals surface area (Å²) in [7, 11) is 3.99. The largest absolute Gasteiger partial charge is 0.469 e. The van der Waals surface area contributed by atoms with Crippen molar-refractivity contribution in [1.29, 1.82) is 0 Å². The predicted octanol–water partition coefficient (Wildman–Crippen LogP) is 0.939. The fourth-order valence-corrected chi connectivity index (χ4v) is 2.41. The van der Waals surface area contributed by atoms with Gasteiger partial charge < -0.3 is 20.0 Å². The second kappa shape index (κ2) is 7.19. The number of likely N-dealkylation sites (tertiary alicyclic amines) is 1. The minimum atomic E-state index is 0.730. The molecule has 1 saturated heterocycles. The molecule has 2 rings (SSSR count). The first-order valence-electron chi connectivity index (χ1n) is 6.93. The molecule has 106 valence electrons. The third-order valence-corrected chi connectivity index (χ3v) is 3.51. The van der Waals surface area contributed by atoms with Crippen LogP contribution in [0.4, 0.5) is 0 Å². The van der Waals surface area contributed by atoms with Crippen molar-refractivity contribution >= 4 is 5.96 Å². The van der Waals surface area contributed by atoms with Crippen molar-refractivity contribution in [3.05, 3.63) is 24.2 Å². The average Bonchev–Trinajstić information content (AvgIpc) is 3.05. The number of guanidine groups is 1. The zero-order valence-corrected chi connectivity index (χ0v) is 11.9. The molecule has 0 radical (unpaired) electrons. The van der Waals surface area contributed by atoms with Crippen molar-refractivity contribution in [3.8, 4) is 0 Å². The van der Waals surface area contributed by atoms with E-state index in [0.717, 1.165) is 37.1 Å². The van der Waals surface area contributed by atoms with E-state index >= 15 is 0 Å². The monoisotopic (exact) mass is 264 g/mol. The minimum absolute atomic E-state index is 0.730. The van der Waals surface area contributed by atoms with Crippen molar-refractivity contribution in [3.63, 3.8) is 0 Å². The molecule has 2 heterocycles. The molecule has 0 aliphatic carbocycles. The Morgan fingerprint density at radius 3 is 3.05 bits per heavy atom. The molecule has 5 heteroatoms. The van der Waals surface area contributed by atoms with E-state index in [4.69, 9.17) is 4.42 Å². The third kappa shape index (κ3) is 4.59. The van der Waals surface area contributed by atoms with Gasteiger partial charge in [-0.2, -0.15) is 0 Å². The number of rotatable bonds is 5. The molecule has 0 amide bonds. The Bertz CT molecular complexity index is 388. The number of aliphatic imine (C=N–C) groups is 1. The molecule has 5 nitrogen and oxygen atoms in total. The summed E-state index contributed by atoms with van der Waals surface area (Å²) in [6.45, 7) is 4.20. The highest BCUT2D eigenvalue weighted by Gasteiger charge is 2.19. The van der Waals surface area contributed by atoms with Crippen LogP contribution in [0.3, 0.4) is 0 Å². The fraction of sp³-hybridized carbons (Fsp3) is 0.643. The maximum absolute atomic E-state index is 5.30. The van der Waals surface area contributed by atoms with Gasteiger partial charge in [-0.05, 0) is 38.1 Å². The van der Waals surface area contributed by atoms with E-state index in [1.54, 1.807) is 6.26 Å². The molecule has 0 aromatic carbocycles. The average molecular weight is 264 g/mol. The number of furan rings is 1. The summed E-state index contributed by atoms with van der Waals surface area (Å²) in [5.74, 6) is 2.61. The molecule has 1 aromatic rings. The quantitative estimate of drug-likeness (QED) is 0.614. The Kier molecular flexibility index (Phi) is 5.27. The maximum atomic E-state index is 5.30. The first-order valence-corrected chi connectivity index (χ1v) is 6.93. The zero-order valence-electron chi connectivity index (χ0n) is 11.9. The highest BCUT2D eigenvalue weighted by molar-refractivity contribution is 5.79. The van der Waals surface area contributed by atoms with Crippen LogP contribution in [0, 0.1) is 5.92 Å². The highest BCUT2D eigenvalue weighted by Crippen LogP contribution is 2.12. The molecule has 0 saturated carbocycles. The van der Waals surface area contributed by atoms with Crippen molar-refractivity contribution in [2.24, 2.45) is 10.9 Å². The molecule has 1 aliphatic rings. The van der Waals surface area contributed by atoms with Gasteiger partial charge in [0.25, 0.3) is 0 Å². The van der Waals surface area contributed by atoms with Crippen LogP contribution in [0.25, 0.3) is 0 Å².